The molecule has 0 atom stereocenters. The molecule has 0 radical (unpaired) electrons. The Labute approximate surface area is 101 Å². The van der Waals surface area contributed by atoms with Gasteiger partial charge in [-0.1, -0.05) is 36.4 Å². The number of rotatable bonds is 2. The van der Waals surface area contributed by atoms with Crippen LogP contribution in [0.15, 0.2) is 47.5 Å². The van der Waals surface area contributed by atoms with E-state index in [9.17, 15) is 5.11 Å². The van der Waals surface area contributed by atoms with E-state index in [1.54, 1.807) is 6.21 Å². The molecule has 0 saturated carbocycles. The van der Waals surface area contributed by atoms with Gasteiger partial charge < -0.3 is 5.11 Å². The average molecular weight is 225 g/mol. The number of benzene rings is 2. The van der Waals surface area contributed by atoms with Gasteiger partial charge in [-0.05, 0) is 36.6 Å². The fourth-order valence-corrected chi connectivity index (χ4v) is 1.72. The third-order valence-corrected chi connectivity index (χ3v) is 2.58. The van der Waals surface area contributed by atoms with E-state index in [0.29, 0.717) is 5.69 Å². The largest absolute Gasteiger partial charge is 0.505 e. The molecule has 1 N–H and O–H groups in total. The summed E-state index contributed by atoms with van der Waals surface area (Å²) in [7, 11) is 0. The highest BCUT2D eigenvalue weighted by Crippen LogP contribution is 2.30. The predicted molar refractivity (Wildman–Crippen MR) is 71.3 cm³/mol. The van der Waals surface area contributed by atoms with Crippen molar-refractivity contribution in [2.24, 2.45) is 4.99 Å². The van der Waals surface area contributed by atoms with Crippen LogP contribution < -0.4 is 0 Å². The van der Waals surface area contributed by atoms with E-state index >= 15 is 0 Å². The van der Waals surface area contributed by atoms with Gasteiger partial charge in [-0.15, -0.1) is 0 Å². The number of phenols is 1. The fraction of sp³-hybridized carbons (Fsp3) is 0.133. The third kappa shape index (κ3) is 2.72. The summed E-state index contributed by atoms with van der Waals surface area (Å²) in [5.41, 5.74) is 3.59. The predicted octanol–water partition coefficient (Wildman–Crippen LogP) is 3.76. The number of aliphatic imine (C=N–C) groups is 1. The summed E-state index contributed by atoms with van der Waals surface area (Å²) in [6, 6.07) is 13.7. The summed E-state index contributed by atoms with van der Waals surface area (Å²) in [5, 5.41) is 9.89. The van der Waals surface area contributed by atoms with E-state index in [-0.39, 0.29) is 5.75 Å². The summed E-state index contributed by atoms with van der Waals surface area (Å²) in [5.74, 6) is 0.253. The second kappa shape index (κ2) is 4.83. The monoisotopic (exact) mass is 225 g/mol. The fourth-order valence-electron chi connectivity index (χ4n) is 1.72. The number of hydrogen-bond donors (Lipinski definition) is 1. The number of hydrogen-bond acceptors (Lipinski definition) is 2. The van der Waals surface area contributed by atoms with Crippen molar-refractivity contribution in [3.63, 3.8) is 0 Å². The molecule has 0 bridgehead atoms. The van der Waals surface area contributed by atoms with Gasteiger partial charge >= 0.3 is 0 Å². The number of phenolic OH excluding ortho intramolecular Hbond substituents is 1. The van der Waals surface area contributed by atoms with Gasteiger partial charge in [0.05, 0.1) is 0 Å². The van der Waals surface area contributed by atoms with Crippen LogP contribution in [0.4, 0.5) is 5.69 Å². The Morgan fingerprint density at radius 2 is 1.76 bits per heavy atom. The molecule has 2 aromatic carbocycles. The molecule has 2 heteroatoms. The maximum absolute atomic E-state index is 9.89. The highest BCUT2D eigenvalue weighted by molar-refractivity contribution is 5.82. The van der Waals surface area contributed by atoms with Crippen molar-refractivity contribution in [2.75, 3.05) is 0 Å². The molecule has 0 amide bonds. The molecule has 86 valence electrons. The number of aryl methyl sites for hydroxylation is 2. The van der Waals surface area contributed by atoms with Gasteiger partial charge in [-0.25, -0.2) is 0 Å². The van der Waals surface area contributed by atoms with Crippen molar-refractivity contribution in [1.29, 1.82) is 0 Å². The molecule has 0 unspecified atom stereocenters. The average Bonchev–Trinajstić information content (AvgIpc) is 2.33. The van der Waals surface area contributed by atoms with Crippen LogP contribution in [0.25, 0.3) is 0 Å². The molecule has 2 nitrogen and oxygen atoms in total. The molecule has 17 heavy (non-hydrogen) atoms. The Morgan fingerprint density at radius 1 is 1.06 bits per heavy atom. The SMILES string of the molecule is Cc1cc(C)c(O)c(N=Cc2ccccc2)c1. The number of nitrogens with zero attached hydrogens (tertiary/aromatic N) is 1. The lowest BCUT2D eigenvalue weighted by molar-refractivity contribution is 0.472. The van der Waals surface area contributed by atoms with Gasteiger partial charge in [-0.3, -0.25) is 4.99 Å². The minimum atomic E-state index is 0.253. The van der Waals surface area contributed by atoms with Crippen LogP contribution in [0.5, 0.6) is 5.75 Å². The van der Waals surface area contributed by atoms with Gasteiger partial charge in [0.2, 0.25) is 0 Å². The topological polar surface area (TPSA) is 32.6 Å². The van der Waals surface area contributed by atoms with E-state index in [1.807, 2.05) is 56.3 Å². The second-order valence-electron chi connectivity index (χ2n) is 4.12. The van der Waals surface area contributed by atoms with Crippen LogP contribution in [-0.4, -0.2) is 11.3 Å². The number of aromatic hydroxyl groups is 1. The van der Waals surface area contributed by atoms with Crippen LogP contribution >= 0.6 is 0 Å². The molecule has 2 rings (SSSR count). The van der Waals surface area contributed by atoms with E-state index in [1.165, 1.54) is 0 Å². The minimum Gasteiger partial charge on any atom is -0.505 e. The van der Waals surface area contributed by atoms with Crippen molar-refractivity contribution in [2.45, 2.75) is 13.8 Å². The highest BCUT2D eigenvalue weighted by Gasteiger charge is 2.03. The molecule has 0 aliphatic heterocycles. The molecule has 0 fully saturated rings. The molecule has 0 aromatic heterocycles. The van der Waals surface area contributed by atoms with Crippen molar-refractivity contribution in [3.05, 3.63) is 59.2 Å². The Morgan fingerprint density at radius 3 is 2.47 bits per heavy atom. The quantitative estimate of drug-likeness (QED) is 0.775. The Bertz CT molecular complexity index is 544. The molecule has 0 heterocycles. The van der Waals surface area contributed by atoms with Gasteiger partial charge in [0, 0.05) is 6.21 Å². The van der Waals surface area contributed by atoms with E-state index < -0.39 is 0 Å². The standard InChI is InChI=1S/C15H15NO/c1-11-8-12(2)15(17)14(9-11)16-10-13-6-4-3-5-7-13/h3-10,17H,1-2H3. The summed E-state index contributed by atoms with van der Waals surface area (Å²) in [4.78, 5) is 4.32. The molecular formula is C15H15NO. The lowest BCUT2D eigenvalue weighted by atomic mass is 10.1. The summed E-state index contributed by atoms with van der Waals surface area (Å²) >= 11 is 0. The third-order valence-electron chi connectivity index (χ3n) is 2.58. The Kier molecular flexibility index (Phi) is 3.24. The van der Waals surface area contributed by atoms with Gasteiger partial charge in [0.1, 0.15) is 11.4 Å². The molecule has 2 aromatic rings. The van der Waals surface area contributed by atoms with E-state index in [4.69, 9.17) is 0 Å². The zero-order valence-electron chi connectivity index (χ0n) is 10.0. The first kappa shape index (κ1) is 11.4. The summed E-state index contributed by atoms with van der Waals surface area (Å²) in [6.07, 6.45) is 1.76. The van der Waals surface area contributed by atoms with Crippen molar-refractivity contribution in [3.8, 4) is 5.75 Å². The van der Waals surface area contributed by atoms with Crippen LogP contribution in [0.2, 0.25) is 0 Å². The van der Waals surface area contributed by atoms with Crippen molar-refractivity contribution >= 4 is 11.9 Å². The maximum Gasteiger partial charge on any atom is 0.144 e. The first-order valence-electron chi connectivity index (χ1n) is 5.56. The lowest BCUT2D eigenvalue weighted by Crippen LogP contribution is -1.82. The first-order valence-corrected chi connectivity index (χ1v) is 5.56. The van der Waals surface area contributed by atoms with Gasteiger partial charge in [0.15, 0.2) is 0 Å². The normalized spacial score (nSPS) is 10.9. The lowest BCUT2D eigenvalue weighted by Gasteiger charge is -2.04. The van der Waals surface area contributed by atoms with Crippen molar-refractivity contribution < 1.29 is 5.11 Å². The highest BCUT2D eigenvalue weighted by atomic mass is 16.3. The van der Waals surface area contributed by atoms with E-state index in [2.05, 4.69) is 4.99 Å². The maximum atomic E-state index is 9.89. The molecule has 0 saturated heterocycles. The van der Waals surface area contributed by atoms with Gasteiger partial charge in [-0.2, -0.15) is 0 Å². The summed E-state index contributed by atoms with van der Waals surface area (Å²) in [6.45, 7) is 3.87. The zero-order valence-corrected chi connectivity index (χ0v) is 10.0. The molecular weight excluding hydrogens is 210 g/mol. The van der Waals surface area contributed by atoms with Crippen LogP contribution in [0.1, 0.15) is 16.7 Å². The second-order valence-corrected chi connectivity index (χ2v) is 4.12. The van der Waals surface area contributed by atoms with Crippen LogP contribution in [-0.2, 0) is 0 Å². The smallest absolute Gasteiger partial charge is 0.144 e. The molecule has 0 aliphatic carbocycles. The van der Waals surface area contributed by atoms with Crippen molar-refractivity contribution in [1.82, 2.24) is 0 Å². The Hall–Kier alpha value is -2.09. The molecule has 0 aliphatic rings. The molecule has 0 spiro atoms. The summed E-state index contributed by atoms with van der Waals surface area (Å²) < 4.78 is 0. The van der Waals surface area contributed by atoms with Gasteiger partial charge in [0.25, 0.3) is 0 Å². The Balaban J connectivity index is 2.33. The van der Waals surface area contributed by atoms with E-state index in [0.717, 1.165) is 16.7 Å². The zero-order chi connectivity index (χ0) is 12.3. The first-order chi connectivity index (χ1) is 8.16. The minimum absolute atomic E-state index is 0.253. The van der Waals surface area contributed by atoms with Crippen LogP contribution in [0, 0.1) is 13.8 Å². The van der Waals surface area contributed by atoms with Crippen LogP contribution in [0.3, 0.4) is 0 Å².